The van der Waals surface area contributed by atoms with Gasteiger partial charge in [0.05, 0.1) is 23.6 Å². The Hall–Kier alpha value is -1.49. The largest absolute Gasteiger partial charge is 0.322 e. The van der Waals surface area contributed by atoms with Gasteiger partial charge in [0.25, 0.3) is 0 Å². The second-order valence-corrected chi connectivity index (χ2v) is 6.17. The van der Waals surface area contributed by atoms with Gasteiger partial charge in [-0.15, -0.1) is 0 Å². The summed E-state index contributed by atoms with van der Waals surface area (Å²) < 4.78 is 0. The summed E-state index contributed by atoms with van der Waals surface area (Å²) in [5.41, 5.74) is 5.57. The predicted octanol–water partition coefficient (Wildman–Crippen LogP) is 2.23. The second kappa shape index (κ2) is 5.65. The van der Waals surface area contributed by atoms with E-state index in [0.29, 0.717) is 12.1 Å². The summed E-state index contributed by atoms with van der Waals surface area (Å²) in [5, 5.41) is 2.76. The molecule has 1 aromatic rings. The lowest BCUT2D eigenvalue weighted by atomic mass is 9.95. The Morgan fingerprint density at radius 2 is 1.79 bits per heavy atom. The highest BCUT2D eigenvalue weighted by Crippen LogP contribution is 2.19. The maximum Gasteiger partial charge on any atom is 0.244 e. The normalized spacial score (nSPS) is 14.8. The molecule has 1 heterocycles. The van der Waals surface area contributed by atoms with Crippen molar-refractivity contribution in [1.29, 1.82) is 0 Å². The first-order valence-corrected chi connectivity index (χ1v) is 6.59. The highest BCUT2D eigenvalue weighted by molar-refractivity contribution is 5.97. The van der Waals surface area contributed by atoms with Gasteiger partial charge in [-0.2, -0.15) is 0 Å². The minimum Gasteiger partial charge on any atom is -0.322 e. The Morgan fingerprint density at radius 1 is 1.26 bits per heavy atom. The van der Waals surface area contributed by atoms with Gasteiger partial charge in [-0.3, -0.25) is 4.79 Å². The monoisotopic (exact) mass is 264 g/mol. The van der Waals surface area contributed by atoms with E-state index in [9.17, 15) is 4.79 Å². The quantitative estimate of drug-likeness (QED) is 0.873. The standard InChI is InChI=1S/C14H24N4O/c1-6-7-14(5,15)12(19)18-10-8-16-11(17-9-10)13(2,3)4/h8-9H,6-7,15H2,1-5H3,(H,18,19). The maximum atomic E-state index is 12.0. The third kappa shape index (κ3) is 4.28. The van der Waals surface area contributed by atoms with Crippen molar-refractivity contribution < 1.29 is 4.79 Å². The fraction of sp³-hybridized carbons (Fsp3) is 0.643. The Labute approximate surface area is 115 Å². The number of aromatic nitrogens is 2. The molecule has 0 aliphatic carbocycles. The van der Waals surface area contributed by atoms with Crippen molar-refractivity contribution in [2.24, 2.45) is 5.73 Å². The minimum atomic E-state index is -0.864. The molecule has 0 bridgehead atoms. The predicted molar refractivity (Wildman–Crippen MR) is 76.9 cm³/mol. The topological polar surface area (TPSA) is 80.9 Å². The number of nitrogens with one attached hydrogen (secondary N) is 1. The van der Waals surface area contributed by atoms with Crippen LogP contribution in [-0.4, -0.2) is 21.4 Å². The van der Waals surface area contributed by atoms with E-state index in [2.05, 4.69) is 15.3 Å². The summed E-state index contributed by atoms with van der Waals surface area (Å²) in [7, 11) is 0. The molecule has 0 aliphatic heterocycles. The van der Waals surface area contributed by atoms with E-state index in [1.807, 2.05) is 27.7 Å². The molecule has 3 N–H and O–H groups in total. The average molecular weight is 264 g/mol. The van der Waals surface area contributed by atoms with Gasteiger partial charge in [0.2, 0.25) is 5.91 Å². The van der Waals surface area contributed by atoms with Crippen LogP contribution < -0.4 is 11.1 Å². The van der Waals surface area contributed by atoms with Crippen molar-refractivity contribution in [3.8, 4) is 0 Å². The number of hydrogen-bond acceptors (Lipinski definition) is 4. The zero-order valence-electron chi connectivity index (χ0n) is 12.4. The van der Waals surface area contributed by atoms with E-state index in [-0.39, 0.29) is 11.3 Å². The number of anilines is 1. The number of carbonyl (C=O) groups excluding carboxylic acids is 1. The molecular weight excluding hydrogens is 240 g/mol. The van der Waals surface area contributed by atoms with Crippen LogP contribution in [0.3, 0.4) is 0 Å². The van der Waals surface area contributed by atoms with Gasteiger partial charge in [-0.1, -0.05) is 34.1 Å². The Morgan fingerprint density at radius 3 is 2.21 bits per heavy atom. The molecule has 0 saturated heterocycles. The van der Waals surface area contributed by atoms with Crippen LogP contribution in [0.25, 0.3) is 0 Å². The third-order valence-electron chi connectivity index (χ3n) is 2.87. The molecule has 1 aromatic heterocycles. The number of amides is 1. The fourth-order valence-corrected chi connectivity index (χ4v) is 1.69. The zero-order valence-corrected chi connectivity index (χ0v) is 12.4. The number of nitrogens with two attached hydrogens (primary N) is 1. The zero-order chi connectivity index (χ0) is 14.7. The average Bonchev–Trinajstić information content (AvgIpc) is 2.28. The highest BCUT2D eigenvalue weighted by Gasteiger charge is 2.27. The van der Waals surface area contributed by atoms with E-state index < -0.39 is 5.54 Å². The van der Waals surface area contributed by atoms with Crippen LogP contribution >= 0.6 is 0 Å². The Balaban J connectivity index is 2.76. The van der Waals surface area contributed by atoms with Crippen LogP contribution in [0.2, 0.25) is 0 Å². The minimum absolute atomic E-state index is 0.104. The van der Waals surface area contributed by atoms with E-state index in [1.54, 1.807) is 19.3 Å². The van der Waals surface area contributed by atoms with Gasteiger partial charge in [-0.05, 0) is 13.3 Å². The first-order valence-electron chi connectivity index (χ1n) is 6.59. The molecule has 106 valence electrons. The van der Waals surface area contributed by atoms with E-state index in [1.165, 1.54) is 0 Å². The summed E-state index contributed by atoms with van der Waals surface area (Å²) in [6, 6.07) is 0. The molecule has 19 heavy (non-hydrogen) atoms. The van der Waals surface area contributed by atoms with Crippen LogP contribution in [0.5, 0.6) is 0 Å². The Kier molecular flexibility index (Phi) is 4.63. The first kappa shape index (κ1) is 15.6. The van der Waals surface area contributed by atoms with Gasteiger partial charge in [0.1, 0.15) is 5.82 Å². The second-order valence-electron chi connectivity index (χ2n) is 6.17. The summed E-state index contributed by atoms with van der Waals surface area (Å²) in [5.74, 6) is 0.538. The summed E-state index contributed by atoms with van der Waals surface area (Å²) in [6.07, 6.45) is 4.74. The lowest BCUT2D eigenvalue weighted by Crippen LogP contribution is -2.48. The van der Waals surface area contributed by atoms with Crippen molar-refractivity contribution in [1.82, 2.24) is 9.97 Å². The lowest BCUT2D eigenvalue weighted by Gasteiger charge is -2.23. The van der Waals surface area contributed by atoms with Crippen LogP contribution in [0.4, 0.5) is 5.69 Å². The van der Waals surface area contributed by atoms with E-state index in [4.69, 9.17) is 5.73 Å². The van der Waals surface area contributed by atoms with Gasteiger partial charge in [0.15, 0.2) is 0 Å². The highest BCUT2D eigenvalue weighted by atomic mass is 16.2. The van der Waals surface area contributed by atoms with Crippen molar-refractivity contribution >= 4 is 11.6 Å². The van der Waals surface area contributed by atoms with E-state index >= 15 is 0 Å². The maximum absolute atomic E-state index is 12.0. The SMILES string of the molecule is CCCC(C)(N)C(=O)Nc1cnc(C(C)(C)C)nc1. The van der Waals surface area contributed by atoms with Crippen LogP contribution in [0.15, 0.2) is 12.4 Å². The molecular formula is C14H24N4O. The Bertz CT molecular complexity index is 432. The molecule has 5 heteroatoms. The molecule has 1 amide bonds. The van der Waals surface area contributed by atoms with Crippen molar-refractivity contribution in [3.63, 3.8) is 0 Å². The van der Waals surface area contributed by atoms with Crippen molar-refractivity contribution in [3.05, 3.63) is 18.2 Å². The van der Waals surface area contributed by atoms with Crippen molar-refractivity contribution in [2.45, 2.75) is 58.4 Å². The van der Waals surface area contributed by atoms with Crippen molar-refractivity contribution in [2.75, 3.05) is 5.32 Å². The fourth-order valence-electron chi connectivity index (χ4n) is 1.69. The molecule has 0 radical (unpaired) electrons. The van der Waals surface area contributed by atoms with E-state index in [0.717, 1.165) is 12.2 Å². The van der Waals surface area contributed by atoms with Crippen LogP contribution in [0.1, 0.15) is 53.3 Å². The molecule has 5 nitrogen and oxygen atoms in total. The summed E-state index contributed by atoms with van der Waals surface area (Å²) >= 11 is 0. The number of rotatable bonds is 4. The molecule has 0 aromatic carbocycles. The first-order chi connectivity index (χ1) is 8.66. The van der Waals surface area contributed by atoms with Crippen LogP contribution in [-0.2, 0) is 10.2 Å². The molecule has 1 atom stereocenters. The number of carbonyl (C=O) groups is 1. The molecule has 1 unspecified atom stereocenters. The molecule has 0 saturated carbocycles. The number of hydrogen-bond donors (Lipinski definition) is 2. The molecule has 0 spiro atoms. The smallest absolute Gasteiger partial charge is 0.244 e. The van der Waals surface area contributed by atoms with Crippen LogP contribution in [0, 0.1) is 0 Å². The summed E-state index contributed by atoms with van der Waals surface area (Å²) in [4.78, 5) is 20.5. The molecule has 0 aliphatic rings. The third-order valence-corrected chi connectivity index (χ3v) is 2.87. The van der Waals surface area contributed by atoms with Gasteiger partial charge < -0.3 is 11.1 Å². The molecule has 1 rings (SSSR count). The molecule has 0 fully saturated rings. The summed E-state index contributed by atoms with van der Waals surface area (Å²) in [6.45, 7) is 9.85. The van der Waals surface area contributed by atoms with Gasteiger partial charge >= 0.3 is 0 Å². The lowest BCUT2D eigenvalue weighted by molar-refractivity contribution is -0.120. The van der Waals surface area contributed by atoms with Gasteiger partial charge in [-0.25, -0.2) is 9.97 Å². The number of nitrogens with zero attached hydrogens (tertiary/aromatic N) is 2. The van der Waals surface area contributed by atoms with Gasteiger partial charge in [0, 0.05) is 5.41 Å².